The van der Waals surface area contributed by atoms with Gasteiger partial charge in [-0.1, -0.05) is 30.7 Å². The molecule has 0 saturated heterocycles. The lowest BCUT2D eigenvalue weighted by atomic mass is 10.2. The maximum atomic E-state index is 12.3. The molecule has 2 aromatic carbocycles. The highest BCUT2D eigenvalue weighted by Gasteiger charge is 2.19. The first-order chi connectivity index (χ1) is 10.1. The van der Waals surface area contributed by atoms with Crippen molar-refractivity contribution in [2.75, 3.05) is 5.32 Å². The fourth-order valence-electron chi connectivity index (χ4n) is 1.78. The van der Waals surface area contributed by atoms with Crippen molar-refractivity contribution in [3.05, 3.63) is 58.0 Å². The number of rotatable bonds is 5. The van der Waals surface area contributed by atoms with Gasteiger partial charge in [0, 0.05) is 9.50 Å². The van der Waals surface area contributed by atoms with E-state index in [1.165, 1.54) is 0 Å². The van der Waals surface area contributed by atoms with E-state index in [1.54, 1.807) is 24.3 Å². The first-order valence-electron chi connectivity index (χ1n) is 6.57. The zero-order chi connectivity index (χ0) is 15.2. The number of carbonyl (C=O) groups is 1. The number of amides is 1. The molecule has 0 aromatic heterocycles. The highest BCUT2D eigenvalue weighted by molar-refractivity contribution is 9.10. The predicted molar refractivity (Wildman–Crippen MR) is 88.9 cm³/mol. The van der Waals surface area contributed by atoms with Gasteiger partial charge in [0.15, 0.2) is 6.10 Å². The minimum atomic E-state index is -0.557. The molecule has 0 bridgehead atoms. The highest BCUT2D eigenvalue weighted by atomic mass is 79.9. The van der Waals surface area contributed by atoms with Gasteiger partial charge in [-0.05, 0) is 58.7 Å². The van der Waals surface area contributed by atoms with Gasteiger partial charge in [-0.2, -0.15) is 0 Å². The van der Waals surface area contributed by atoms with Crippen LogP contribution in [0.15, 0.2) is 53.0 Å². The molecule has 0 unspecified atom stereocenters. The molecule has 0 aliphatic heterocycles. The molecule has 3 nitrogen and oxygen atoms in total. The fourth-order valence-corrected chi connectivity index (χ4v) is 2.29. The van der Waals surface area contributed by atoms with Crippen molar-refractivity contribution in [1.29, 1.82) is 0 Å². The molecule has 0 fully saturated rings. The molecule has 1 N–H and O–H groups in total. The average molecular weight is 369 g/mol. The zero-order valence-electron chi connectivity index (χ0n) is 11.5. The van der Waals surface area contributed by atoms with Crippen LogP contribution >= 0.6 is 27.5 Å². The molecule has 2 aromatic rings. The maximum Gasteiger partial charge on any atom is 0.265 e. The van der Waals surface area contributed by atoms with Crippen LogP contribution in [-0.4, -0.2) is 12.0 Å². The van der Waals surface area contributed by atoms with Crippen molar-refractivity contribution >= 4 is 39.1 Å². The summed E-state index contributed by atoms with van der Waals surface area (Å²) in [4.78, 5) is 12.3. The van der Waals surface area contributed by atoms with Crippen LogP contribution in [0, 0.1) is 0 Å². The lowest BCUT2D eigenvalue weighted by Crippen LogP contribution is -2.32. The van der Waals surface area contributed by atoms with Crippen LogP contribution in [0.3, 0.4) is 0 Å². The van der Waals surface area contributed by atoms with E-state index in [0.717, 1.165) is 10.2 Å². The topological polar surface area (TPSA) is 38.3 Å². The van der Waals surface area contributed by atoms with Crippen LogP contribution in [0.4, 0.5) is 5.69 Å². The Morgan fingerprint density at radius 3 is 2.52 bits per heavy atom. The SMILES string of the molecule is CC[C@H](Oc1ccc(Cl)cc1)C(=O)Nc1ccccc1Br. The van der Waals surface area contributed by atoms with Crippen LogP contribution in [0.25, 0.3) is 0 Å². The molecular formula is C16H15BrClNO2. The van der Waals surface area contributed by atoms with Gasteiger partial charge in [0.05, 0.1) is 5.69 Å². The van der Waals surface area contributed by atoms with E-state index in [0.29, 0.717) is 17.2 Å². The Kier molecular flexibility index (Phi) is 5.65. The van der Waals surface area contributed by atoms with Crippen LogP contribution in [-0.2, 0) is 4.79 Å². The monoisotopic (exact) mass is 367 g/mol. The van der Waals surface area contributed by atoms with E-state index in [-0.39, 0.29) is 5.91 Å². The standard InChI is InChI=1S/C16H15BrClNO2/c1-2-15(21-12-9-7-11(18)8-10-12)16(20)19-14-6-4-3-5-13(14)17/h3-10,15H,2H2,1H3,(H,19,20)/t15-/m0/s1. The third-order valence-electron chi connectivity index (χ3n) is 2.89. The molecule has 21 heavy (non-hydrogen) atoms. The highest BCUT2D eigenvalue weighted by Crippen LogP contribution is 2.22. The molecule has 2 rings (SSSR count). The molecule has 1 amide bonds. The van der Waals surface area contributed by atoms with Gasteiger partial charge < -0.3 is 10.1 Å². The van der Waals surface area contributed by atoms with E-state index in [9.17, 15) is 4.79 Å². The minimum absolute atomic E-state index is 0.181. The first kappa shape index (κ1) is 15.9. The van der Waals surface area contributed by atoms with E-state index >= 15 is 0 Å². The Hall–Kier alpha value is -1.52. The molecule has 0 radical (unpaired) electrons. The van der Waals surface area contributed by atoms with Gasteiger partial charge in [0.1, 0.15) is 5.75 Å². The van der Waals surface area contributed by atoms with Gasteiger partial charge >= 0.3 is 0 Å². The molecule has 0 heterocycles. The number of ether oxygens (including phenoxy) is 1. The molecule has 0 saturated carbocycles. The molecule has 110 valence electrons. The summed E-state index contributed by atoms with van der Waals surface area (Å²) in [5, 5.41) is 3.49. The van der Waals surface area contributed by atoms with Crippen molar-refractivity contribution in [2.45, 2.75) is 19.4 Å². The van der Waals surface area contributed by atoms with Gasteiger partial charge in [-0.15, -0.1) is 0 Å². The third kappa shape index (κ3) is 4.48. The van der Waals surface area contributed by atoms with Gasteiger partial charge in [-0.25, -0.2) is 0 Å². The Morgan fingerprint density at radius 2 is 1.90 bits per heavy atom. The molecule has 0 aliphatic rings. The Labute approximate surface area is 137 Å². The second-order valence-corrected chi connectivity index (χ2v) is 5.73. The number of hydrogen-bond donors (Lipinski definition) is 1. The van der Waals surface area contributed by atoms with E-state index < -0.39 is 6.10 Å². The summed E-state index contributed by atoms with van der Waals surface area (Å²) in [6, 6.07) is 14.4. The number of nitrogens with one attached hydrogen (secondary N) is 1. The second kappa shape index (κ2) is 7.48. The second-order valence-electron chi connectivity index (χ2n) is 4.44. The molecule has 0 aliphatic carbocycles. The van der Waals surface area contributed by atoms with Crippen molar-refractivity contribution < 1.29 is 9.53 Å². The predicted octanol–water partition coefficient (Wildman–Crippen LogP) is 4.90. The van der Waals surface area contributed by atoms with Gasteiger partial charge in [0.2, 0.25) is 0 Å². The number of hydrogen-bond acceptors (Lipinski definition) is 2. The van der Waals surface area contributed by atoms with Crippen molar-refractivity contribution in [3.8, 4) is 5.75 Å². The van der Waals surface area contributed by atoms with E-state index in [4.69, 9.17) is 16.3 Å². The van der Waals surface area contributed by atoms with Crippen molar-refractivity contribution in [1.82, 2.24) is 0 Å². The minimum Gasteiger partial charge on any atom is -0.481 e. The molecule has 1 atom stereocenters. The van der Waals surface area contributed by atoms with Crippen LogP contribution in [0.1, 0.15) is 13.3 Å². The number of anilines is 1. The van der Waals surface area contributed by atoms with Crippen LogP contribution in [0.5, 0.6) is 5.75 Å². The normalized spacial score (nSPS) is 11.8. The zero-order valence-corrected chi connectivity index (χ0v) is 13.8. The summed E-state index contributed by atoms with van der Waals surface area (Å²) >= 11 is 9.23. The summed E-state index contributed by atoms with van der Waals surface area (Å²) < 4.78 is 6.54. The third-order valence-corrected chi connectivity index (χ3v) is 3.83. The maximum absolute atomic E-state index is 12.3. The van der Waals surface area contributed by atoms with Crippen LogP contribution < -0.4 is 10.1 Å². The Balaban J connectivity index is 2.05. The number of carbonyl (C=O) groups excluding carboxylic acids is 1. The molecular weight excluding hydrogens is 354 g/mol. The lowest BCUT2D eigenvalue weighted by Gasteiger charge is -2.17. The number of para-hydroxylation sites is 1. The van der Waals surface area contributed by atoms with Crippen molar-refractivity contribution in [2.24, 2.45) is 0 Å². The summed E-state index contributed by atoms with van der Waals surface area (Å²) in [7, 11) is 0. The smallest absolute Gasteiger partial charge is 0.265 e. The Morgan fingerprint density at radius 1 is 1.24 bits per heavy atom. The summed E-state index contributed by atoms with van der Waals surface area (Å²) in [6.45, 7) is 1.90. The van der Waals surface area contributed by atoms with Crippen LogP contribution in [0.2, 0.25) is 5.02 Å². The molecule has 0 spiro atoms. The average Bonchev–Trinajstić information content (AvgIpc) is 2.49. The fraction of sp³-hybridized carbons (Fsp3) is 0.188. The number of halogens is 2. The summed E-state index contributed by atoms with van der Waals surface area (Å²) in [6.07, 6.45) is 0.0112. The quantitative estimate of drug-likeness (QED) is 0.815. The lowest BCUT2D eigenvalue weighted by molar-refractivity contribution is -0.122. The summed E-state index contributed by atoms with van der Waals surface area (Å²) in [5.41, 5.74) is 0.723. The van der Waals surface area contributed by atoms with Crippen molar-refractivity contribution in [3.63, 3.8) is 0 Å². The number of benzene rings is 2. The van der Waals surface area contributed by atoms with Gasteiger partial charge in [-0.3, -0.25) is 4.79 Å². The first-order valence-corrected chi connectivity index (χ1v) is 7.75. The molecule has 5 heteroatoms. The van der Waals surface area contributed by atoms with E-state index in [2.05, 4.69) is 21.2 Å². The van der Waals surface area contributed by atoms with Gasteiger partial charge in [0.25, 0.3) is 5.91 Å². The summed E-state index contributed by atoms with van der Waals surface area (Å²) in [5.74, 6) is 0.438. The van der Waals surface area contributed by atoms with E-state index in [1.807, 2.05) is 31.2 Å². The largest absolute Gasteiger partial charge is 0.481 e. The Bertz CT molecular complexity index is 616.